The van der Waals surface area contributed by atoms with Gasteiger partial charge in [0.1, 0.15) is 5.88 Å². The fourth-order valence-corrected chi connectivity index (χ4v) is 1.45. The summed E-state index contributed by atoms with van der Waals surface area (Å²) in [7, 11) is 0. The topological polar surface area (TPSA) is 86.1 Å². The minimum absolute atomic E-state index is 0.183. The van der Waals surface area contributed by atoms with E-state index in [9.17, 15) is 9.59 Å². The van der Waals surface area contributed by atoms with Crippen LogP contribution in [0.15, 0.2) is 24.5 Å². The first-order chi connectivity index (χ1) is 9.17. The minimum atomic E-state index is -0.570. The van der Waals surface area contributed by atoms with Crippen molar-refractivity contribution in [3.05, 3.63) is 30.1 Å². The molecule has 1 heterocycles. The van der Waals surface area contributed by atoms with Gasteiger partial charge in [-0.1, -0.05) is 6.07 Å². The van der Waals surface area contributed by atoms with Crippen LogP contribution in [0.1, 0.15) is 12.0 Å². The number of pyridine rings is 1. The van der Waals surface area contributed by atoms with E-state index >= 15 is 0 Å². The Morgan fingerprint density at radius 2 is 2.32 bits per heavy atom. The molecule has 0 saturated carbocycles. The van der Waals surface area contributed by atoms with Crippen molar-refractivity contribution in [1.29, 1.82) is 5.26 Å². The van der Waals surface area contributed by atoms with Gasteiger partial charge in [-0.3, -0.25) is 15.1 Å². The number of nitriles is 1. The average molecular weight is 281 g/mol. The van der Waals surface area contributed by atoms with Crippen LogP contribution in [0.2, 0.25) is 0 Å². The number of aromatic nitrogens is 1. The summed E-state index contributed by atoms with van der Waals surface area (Å²) >= 11 is 5.32. The molecule has 0 aliphatic rings. The van der Waals surface area contributed by atoms with E-state index in [4.69, 9.17) is 16.9 Å². The van der Waals surface area contributed by atoms with Crippen molar-refractivity contribution < 1.29 is 9.59 Å². The zero-order chi connectivity index (χ0) is 14.1. The second-order valence-electron chi connectivity index (χ2n) is 3.68. The molecule has 100 valence electrons. The van der Waals surface area contributed by atoms with Crippen LogP contribution in [0.5, 0.6) is 0 Å². The van der Waals surface area contributed by atoms with Gasteiger partial charge >= 0.3 is 6.03 Å². The van der Waals surface area contributed by atoms with Crippen molar-refractivity contribution in [3.63, 3.8) is 0 Å². The molecule has 6 nitrogen and oxygen atoms in total. The van der Waals surface area contributed by atoms with Gasteiger partial charge in [0.2, 0.25) is 5.91 Å². The number of nitrogens with one attached hydrogen (secondary N) is 1. The van der Waals surface area contributed by atoms with Crippen LogP contribution in [0.4, 0.5) is 4.79 Å². The highest BCUT2D eigenvalue weighted by Gasteiger charge is 2.15. The molecule has 3 amide bonds. The maximum atomic E-state index is 11.8. The van der Waals surface area contributed by atoms with Crippen LogP contribution in [0, 0.1) is 11.3 Å². The van der Waals surface area contributed by atoms with Crippen molar-refractivity contribution in [3.8, 4) is 6.07 Å². The zero-order valence-corrected chi connectivity index (χ0v) is 10.9. The molecule has 0 radical (unpaired) electrons. The third kappa shape index (κ3) is 5.36. The first-order valence-electron chi connectivity index (χ1n) is 5.58. The summed E-state index contributed by atoms with van der Waals surface area (Å²) in [5.41, 5.74) is 0.814. The normalized spacial score (nSPS) is 9.47. The highest BCUT2D eigenvalue weighted by molar-refractivity contribution is 6.28. The highest BCUT2D eigenvalue weighted by Crippen LogP contribution is 2.04. The Kier molecular flexibility index (Phi) is 6.33. The third-order valence-corrected chi connectivity index (χ3v) is 2.49. The molecule has 7 heteroatoms. The van der Waals surface area contributed by atoms with Crippen LogP contribution in [-0.2, 0) is 11.3 Å². The molecule has 1 aromatic heterocycles. The Morgan fingerprint density at radius 1 is 1.53 bits per heavy atom. The Bertz CT molecular complexity index is 472. The van der Waals surface area contributed by atoms with E-state index in [0.29, 0.717) is 0 Å². The van der Waals surface area contributed by atoms with Crippen molar-refractivity contribution >= 4 is 23.5 Å². The standard InChI is InChI=1S/C12H13ClN4O2/c13-7-11(18)16-12(19)17(6-2-4-14)9-10-3-1-5-15-8-10/h1,3,5,8H,2,6-7,9H2,(H,16,18,19). The first kappa shape index (κ1) is 14.9. The Labute approximate surface area is 116 Å². The number of nitrogens with zero attached hydrogens (tertiary/aromatic N) is 3. The molecule has 0 fully saturated rings. The quantitative estimate of drug-likeness (QED) is 0.823. The van der Waals surface area contributed by atoms with E-state index in [1.165, 1.54) is 4.90 Å². The maximum Gasteiger partial charge on any atom is 0.324 e. The van der Waals surface area contributed by atoms with Crippen LogP contribution in [0.25, 0.3) is 0 Å². The van der Waals surface area contributed by atoms with E-state index in [1.54, 1.807) is 18.5 Å². The number of carbonyl (C=O) groups excluding carboxylic acids is 2. The lowest BCUT2D eigenvalue weighted by molar-refractivity contribution is -0.117. The van der Waals surface area contributed by atoms with Gasteiger partial charge in [-0.15, -0.1) is 11.6 Å². The number of carbonyl (C=O) groups is 2. The molecule has 0 aliphatic carbocycles. The average Bonchev–Trinajstić information content (AvgIpc) is 2.44. The van der Waals surface area contributed by atoms with Gasteiger partial charge in [-0.2, -0.15) is 5.26 Å². The number of halogens is 1. The lowest BCUT2D eigenvalue weighted by Gasteiger charge is -2.21. The lowest BCUT2D eigenvalue weighted by Crippen LogP contribution is -2.43. The van der Waals surface area contributed by atoms with Crippen molar-refractivity contribution in [2.75, 3.05) is 12.4 Å². The van der Waals surface area contributed by atoms with Gasteiger partial charge in [0.25, 0.3) is 0 Å². The molecule has 1 aromatic rings. The Morgan fingerprint density at radius 3 is 2.89 bits per heavy atom. The predicted molar refractivity (Wildman–Crippen MR) is 69.1 cm³/mol. The van der Waals surface area contributed by atoms with Crippen molar-refractivity contribution in [2.24, 2.45) is 0 Å². The molecule has 0 spiro atoms. The number of hydrogen-bond donors (Lipinski definition) is 1. The van der Waals surface area contributed by atoms with Crippen LogP contribution in [-0.4, -0.2) is 34.2 Å². The number of alkyl halides is 1. The van der Waals surface area contributed by atoms with Crippen LogP contribution in [0.3, 0.4) is 0 Å². The van der Waals surface area contributed by atoms with Gasteiger partial charge in [-0.25, -0.2) is 4.79 Å². The number of rotatable bonds is 5. The molecule has 0 atom stereocenters. The van der Waals surface area contributed by atoms with Gasteiger partial charge in [0.05, 0.1) is 12.5 Å². The van der Waals surface area contributed by atoms with Crippen molar-refractivity contribution in [2.45, 2.75) is 13.0 Å². The fourth-order valence-electron chi connectivity index (χ4n) is 1.38. The van der Waals surface area contributed by atoms with E-state index in [2.05, 4.69) is 10.3 Å². The highest BCUT2D eigenvalue weighted by atomic mass is 35.5. The Hall–Kier alpha value is -2.13. The van der Waals surface area contributed by atoms with Crippen LogP contribution < -0.4 is 5.32 Å². The Balaban J connectivity index is 2.68. The van der Waals surface area contributed by atoms with Crippen LogP contribution >= 0.6 is 11.6 Å². The molecular weight excluding hydrogens is 268 g/mol. The van der Waals surface area contributed by atoms with Gasteiger partial charge in [0, 0.05) is 25.5 Å². The lowest BCUT2D eigenvalue weighted by atomic mass is 10.2. The summed E-state index contributed by atoms with van der Waals surface area (Å²) in [5, 5.41) is 10.7. The summed E-state index contributed by atoms with van der Waals surface area (Å²) in [6.07, 6.45) is 3.43. The minimum Gasteiger partial charge on any atom is -0.319 e. The second kappa shape index (κ2) is 8.06. The van der Waals surface area contributed by atoms with Gasteiger partial charge < -0.3 is 4.90 Å². The van der Waals surface area contributed by atoms with E-state index in [1.807, 2.05) is 12.1 Å². The first-order valence-corrected chi connectivity index (χ1v) is 6.11. The predicted octanol–water partition coefficient (Wildman–Crippen LogP) is 1.27. The second-order valence-corrected chi connectivity index (χ2v) is 3.95. The SMILES string of the molecule is N#CCCN(Cc1cccnc1)C(=O)NC(=O)CCl. The number of amides is 3. The van der Waals surface area contributed by atoms with Gasteiger partial charge in [0.15, 0.2) is 0 Å². The molecule has 0 aliphatic heterocycles. The third-order valence-electron chi connectivity index (χ3n) is 2.24. The fraction of sp³-hybridized carbons (Fsp3) is 0.333. The molecule has 0 aromatic carbocycles. The van der Waals surface area contributed by atoms with E-state index < -0.39 is 11.9 Å². The smallest absolute Gasteiger partial charge is 0.319 e. The zero-order valence-electron chi connectivity index (χ0n) is 10.2. The van der Waals surface area contributed by atoms with Gasteiger partial charge in [-0.05, 0) is 11.6 Å². The molecule has 1 N–H and O–H groups in total. The number of urea groups is 1. The monoisotopic (exact) mass is 280 g/mol. The maximum absolute atomic E-state index is 11.8. The number of imide groups is 1. The summed E-state index contributed by atoms with van der Waals surface area (Å²) in [6, 6.07) is 4.95. The molecule has 19 heavy (non-hydrogen) atoms. The van der Waals surface area contributed by atoms with E-state index in [0.717, 1.165) is 5.56 Å². The molecule has 0 unspecified atom stereocenters. The molecule has 1 rings (SSSR count). The summed E-state index contributed by atoms with van der Waals surface area (Å²) in [6.45, 7) is 0.504. The summed E-state index contributed by atoms with van der Waals surface area (Å²) in [5.74, 6) is -0.857. The molecule has 0 saturated heterocycles. The largest absolute Gasteiger partial charge is 0.324 e. The number of hydrogen-bond acceptors (Lipinski definition) is 4. The summed E-state index contributed by atoms with van der Waals surface area (Å²) < 4.78 is 0. The summed E-state index contributed by atoms with van der Waals surface area (Å²) in [4.78, 5) is 28.2. The molecule has 0 bridgehead atoms. The van der Waals surface area contributed by atoms with E-state index in [-0.39, 0.29) is 25.4 Å². The molecular formula is C12H13ClN4O2. The van der Waals surface area contributed by atoms with Crippen molar-refractivity contribution in [1.82, 2.24) is 15.2 Å².